The molecule has 1 aromatic heterocycles. The van der Waals surface area contributed by atoms with Crippen LogP contribution in [0.25, 0.3) is 10.9 Å². The number of nitrogens with zero attached hydrogens (tertiary/aromatic N) is 1. The lowest BCUT2D eigenvalue weighted by atomic mass is 9.74. The Kier molecular flexibility index (Phi) is 2.81. The van der Waals surface area contributed by atoms with Crippen molar-refractivity contribution in [2.75, 3.05) is 0 Å². The zero-order valence-corrected chi connectivity index (χ0v) is 11.6. The number of ketones is 1. The predicted molar refractivity (Wildman–Crippen MR) is 83.6 cm³/mol. The molecule has 0 radical (unpaired) electrons. The van der Waals surface area contributed by atoms with Gasteiger partial charge in [-0.1, -0.05) is 42.5 Å². The van der Waals surface area contributed by atoms with Crippen LogP contribution in [0.4, 0.5) is 0 Å². The summed E-state index contributed by atoms with van der Waals surface area (Å²) in [7, 11) is 0. The Morgan fingerprint density at radius 3 is 2.86 bits per heavy atom. The first-order chi connectivity index (χ1) is 10.3. The molecule has 0 bridgehead atoms. The molecular formula is C19H15NO. The fraction of sp³-hybridized carbons (Fsp3) is 0.158. The summed E-state index contributed by atoms with van der Waals surface area (Å²) < 4.78 is 0. The van der Waals surface area contributed by atoms with Gasteiger partial charge in [-0.15, -0.1) is 0 Å². The maximum absolute atomic E-state index is 12.6. The minimum absolute atomic E-state index is 0.216. The van der Waals surface area contributed by atoms with Gasteiger partial charge >= 0.3 is 0 Å². The molecule has 0 amide bonds. The van der Waals surface area contributed by atoms with E-state index in [0.717, 1.165) is 22.9 Å². The van der Waals surface area contributed by atoms with Crippen LogP contribution in [0.5, 0.6) is 0 Å². The van der Waals surface area contributed by atoms with Gasteiger partial charge < -0.3 is 0 Å². The number of hydrogen-bond donors (Lipinski definition) is 0. The lowest BCUT2D eigenvalue weighted by molar-refractivity contribution is 0.0972. The molecule has 0 saturated carbocycles. The summed E-state index contributed by atoms with van der Waals surface area (Å²) >= 11 is 0. The van der Waals surface area contributed by atoms with Crippen LogP contribution in [-0.2, 0) is 6.42 Å². The average Bonchev–Trinajstić information content (AvgIpc) is 2.52. The lowest BCUT2D eigenvalue weighted by Gasteiger charge is -2.29. The fourth-order valence-corrected chi connectivity index (χ4v) is 3.23. The van der Waals surface area contributed by atoms with Crippen LogP contribution in [0.2, 0.25) is 0 Å². The zero-order valence-electron chi connectivity index (χ0n) is 11.6. The van der Waals surface area contributed by atoms with Gasteiger partial charge in [0.25, 0.3) is 0 Å². The third kappa shape index (κ3) is 2.04. The zero-order chi connectivity index (χ0) is 14.2. The summed E-state index contributed by atoms with van der Waals surface area (Å²) in [6.07, 6.45) is 3.37. The van der Waals surface area contributed by atoms with Gasteiger partial charge in [0.2, 0.25) is 0 Å². The van der Waals surface area contributed by atoms with Crippen molar-refractivity contribution >= 4 is 16.7 Å². The highest BCUT2D eigenvalue weighted by Gasteiger charge is 2.28. The molecule has 0 spiro atoms. The molecule has 0 fully saturated rings. The Labute approximate surface area is 123 Å². The van der Waals surface area contributed by atoms with Gasteiger partial charge in [-0.25, -0.2) is 0 Å². The molecule has 0 aliphatic heterocycles. The molecule has 0 N–H and O–H groups in total. The maximum Gasteiger partial charge on any atom is 0.164 e. The van der Waals surface area contributed by atoms with E-state index >= 15 is 0 Å². The topological polar surface area (TPSA) is 30.0 Å². The van der Waals surface area contributed by atoms with Crippen molar-refractivity contribution < 1.29 is 4.79 Å². The van der Waals surface area contributed by atoms with Crippen LogP contribution < -0.4 is 0 Å². The Morgan fingerprint density at radius 1 is 1.05 bits per heavy atom. The smallest absolute Gasteiger partial charge is 0.164 e. The average molecular weight is 273 g/mol. The molecule has 4 rings (SSSR count). The molecule has 1 aliphatic carbocycles. The molecular weight excluding hydrogens is 258 g/mol. The minimum Gasteiger partial charge on any atom is -0.294 e. The highest BCUT2D eigenvalue weighted by molar-refractivity contribution is 6.07. The van der Waals surface area contributed by atoms with Gasteiger partial charge in [-0.05, 0) is 35.6 Å². The van der Waals surface area contributed by atoms with Crippen LogP contribution in [-0.4, -0.2) is 10.8 Å². The first kappa shape index (κ1) is 12.3. The van der Waals surface area contributed by atoms with Crippen molar-refractivity contribution in [2.45, 2.75) is 18.8 Å². The van der Waals surface area contributed by atoms with E-state index in [1.807, 2.05) is 30.3 Å². The Hall–Kier alpha value is -2.48. The molecule has 102 valence electrons. The van der Waals surface area contributed by atoms with E-state index in [2.05, 4.69) is 29.2 Å². The van der Waals surface area contributed by atoms with E-state index in [-0.39, 0.29) is 5.78 Å². The van der Waals surface area contributed by atoms with Gasteiger partial charge in [-0.2, -0.15) is 0 Å². The van der Waals surface area contributed by atoms with Gasteiger partial charge in [0.1, 0.15) is 0 Å². The molecule has 1 aliphatic rings. The van der Waals surface area contributed by atoms with Crippen molar-refractivity contribution in [1.82, 2.24) is 4.98 Å². The molecule has 21 heavy (non-hydrogen) atoms. The molecule has 0 saturated heterocycles. The SMILES string of the molecule is O=C(CC1Cc2ccccc21)c1cccc2ncccc12. The number of pyridine rings is 1. The summed E-state index contributed by atoms with van der Waals surface area (Å²) in [4.78, 5) is 17.0. The molecule has 1 atom stereocenters. The largest absolute Gasteiger partial charge is 0.294 e. The lowest BCUT2D eigenvalue weighted by Crippen LogP contribution is -2.20. The van der Waals surface area contributed by atoms with E-state index < -0.39 is 0 Å². The molecule has 3 aromatic rings. The van der Waals surface area contributed by atoms with Crippen molar-refractivity contribution in [3.05, 3.63) is 77.5 Å². The van der Waals surface area contributed by atoms with E-state index in [4.69, 9.17) is 0 Å². The summed E-state index contributed by atoms with van der Waals surface area (Å²) in [6.45, 7) is 0. The Balaban J connectivity index is 1.64. The predicted octanol–water partition coefficient (Wildman–Crippen LogP) is 4.15. The summed E-state index contributed by atoms with van der Waals surface area (Å²) in [6, 6.07) is 18.0. The molecule has 2 nitrogen and oxygen atoms in total. The van der Waals surface area contributed by atoms with Crippen molar-refractivity contribution in [2.24, 2.45) is 0 Å². The van der Waals surface area contributed by atoms with Crippen LogP contribution in [0, 0.1) is 0 Å². The Bertz CT molecular complexity index is 832. The minimum atomic E-state index is 0.216. The van der Waals surface area contributed by atoms with Crippen LogP contribution in [0.15, 0.2) is 60.8 Å². The van der Waals surface area contributed by atoms with E-state index in [0.29, 0.717) is 12.3 Å². The second-order valence-corrected chi connectivity index (χ2v) is 5.60. The third-order valence-electron chi connectivity index (χ3n) is 4.34. The molecule has 1 unspecified atom stereocenters. The summed E-state index contributed by atoms with van der Waals surface area (Å²) in [5.74, 6) is 0.591. The number of Topliss-reactive ketones (excluding diaryl/α,β-unsaturated/α-hetero) is 1. The number of carbonyl (C=O) groups excluding carboxylic acids is 1. The number of aromatic nitrogens is 1. The highest BCUT2D eigenvalue weighted by atomic mass is 16.1. The molecule has 2 aromatic carbocycles. The molecule has 1 heterocycles. The van der Waals surface area contributed by atoms with E-state index in [1.165, 1.54) is 11.1 Å². The quantitative estimate of drug-likeness (QED) is 0.671. The molecule has 2 heteroatoms. The van der Waals surface area contributed by atoms with E-state index in [1.54, 1.807) is 6.20 Å². The van der Waals surface area contributed by atoms with Crippen molar-refractivity contribution in [1.29, 1.82) is 0 Å². The number of rotatable bonds is 3. The highest BCUT2D eigenvalue weighted by Crippen LogP contribution is 2.38. The van der Waals surface area contributed by atoms with Crippen molar-refractivity contribution in [3.8, 4) is 0 Å². The first-order valence-corrected chi connectivity index (χ1v) is 7.27. The number of benzene rings is 2. The van der Waals surface area contributed by atoms with Gasteiger partial charge in [-0.3, -0.25) is 9.78 Å². The number of hydrogen-bond acceptors (Lipinski definition) is 2. The number of carbonyl (C=O) groups is 1. The van der Waals surface area contributed by atoms with Crippen LogP contribution >= 0.6 is 0 Å². The standard InChI is InChI=1S/C19H15NO/c21-19(12-14-11-13-5-1-2-6-15(13)14)17-7-3-9-18-16(17)8-4-10-20-18/h1-10,14H,11-12H2. The van der Waals surface area contributed by atoms with Gasteiger partial charge in [0.05, 0.1) is 5.52 Å². The van der Waals surface area contributed by atoms with E-state index in [9.17, 15) is 4.79 Å². The fourth-order valence-electron chi connectivity index (χ4n) is 3.23. The third-order valence-corrected chi connectivity index (χ3v) is 4.34. The first-order valence-electron chi connectivity index (χ1n) is 7.27. The van der Waals surface area contributed by atoms with Gasteiger partial charge in [0, 0.05) is 23.6 Å². The monoisotopic (exact) mass is 273 g/mol. The van der Waals surface area contributed by atoms with Crippen molar-refractivity contribution in [3.63, 3.8) is 0 Å². The van der Waals surface area contributed by atoms with Crippen LogP contribution in [0.3, 0.4) is 0 Å². The Morgan fingerprint density at radius 2 is 1.95 bits per heavy atom. The van der Waals surface area contributed by atoms with Gasteiger partial charge in [0.15, 0.2) is 5.78 Å². The second kappa shape index (κ2) is 4.81. The summed E-state index contributed by atoms with van der Waals surface area (Å²) in [5, 5.41) is 0.956. The maximum atomic E-state index is 12.6. The summed E-state index contributed by atoms with van der Waals surface area (Å²) in [5.41, 5.74) is 4.40. The van der Waals surface area contributed by atoms with Crippen LogP contribution in [0.1, 0.15) is 33.8 Å². The normalized spacial score (nSPS) is 16.3. The second-order valence-electron chi connectivity index (χ2n) is 5.60. The number of fused-ring (bicyclic) bond motifs is 2.